The van der Waals surface area contributed by atoms with Gasteiger partial charge in [-0.1, -0.05) is 85.8 Å². The minimum absolute atomic E-state index is 0.0373. The van der Waals surface area contributed by atoms with Crippen LogP contribution in [0.15, 0.2) is 47.8 Å². The molecule has 1 unspecified atom stereocenters. The van der Waals surface area contributed by atoms with Crippen LogP contribution in [0.3, 0.4) is 0 Å². The van der Waals surface area contributed by atoms with Gasteiger partial charge in [0.25, 0.3) is 5.56 Å². The van der Waals surface area contributed by atoms with E-state index in [-0.39, 0.29) is 10.4 Å². The number of hydrogen-bond acceptors (Lipinski definition) is 2. The first-order chi connectivity index (χ1) is 12.1. The van der Waals surface area contributed by atoms with Crippen LogP contribution < -0.4 is 16.1 Å². The molecular formula is C21H27BrN2O. The summed E-state index contributed by atoms with van der Waals surface area (Å²) in [6, 6.07) is 9.95. The number of benzene rings is 1. The molecule has 0 aliphatic carbocycles. The minimum atomic E-state index is -0.0373. The van der Waals surface area contributed by atoms with E-state index >= 15 is 0 Å². The Bertz CT molecular complexity index is 854. The van der Waals surface area contributed by atoms with Crippen LogP contribution in [0, 0.1) is 0 Å². The normalized spacial score (nSPS) is 13.2. The molecule has 4 heteroatoms. The molecule has 1 heterocycles. The molecule has 0 fully saturated rings. The predicted octanol–water partition coefficient (Wildman–Crippen LogP) is 3.93. The van der Waals surface area contributed by atoms with Crippen molar-refractivity contribution >= 4 is 28.1 Å². The average Bonchev–Trinajstić information content (AvgIpc) is 2.67. The number of alkyl halides is 1. The Balaban J connectivity index is 0.00000151. The van der Waals surface area contributed by atoms with E-state index in [9.17, 15) is 4.79 Å². The van der Waals surface area contributed by atoms with Crippen LogP contribution in [-0.2, 0) is 6.54 Å². The van der Waals surface area contributed by atoms with Crippen molar-refractivity contribution in [3.05, 3.63) is 75.3 Å². The van der Waals surface area contributed by atoms with Gasteiger partial charge < -0.3 is 0 Å². The van der Waals surface area contributed by atoms with E-state index in [2.05, 4.69) is 29.4 Å². The van der Waals surface area contributed by atoms with Crippen molar-refractivity contribution in [2.24, 2.45) is 0 Å². The van der Waals surface area contributed by atoms with E-state index in [0.29, 0.717) is 17.1 Å². The topological polar surface area (TPSA) is 34.9 Å². The predicted molar refractivity (Wildman–Crippen MR) is 111 cm³/mol. The maximum atomic E-state index is 13.0. The summed E-state index contributed by atoms with van der Waals surface area (Å²) in [6.07, 6.45) is 6.08. The van der Waals surface area contributed by atoms with Gasteiger partial charge in [-0.05, 0) is 25.0 Å². The number of nitrogens with zero attached hydrogens (tertiary/aromatic N) is 2. The fraction of sp³-hybridized carbons (Fsp3) is 0.333. The van der Waals surface area contributed by atoms with Crippen LogP contribution in [0.4, 0.5) is 0 Å². The van der Waals surface area contributed by atoms with Crippen LogP contribution in [-0.4, -0.2) is 9.55 Å². The van der Waals surface area contributed by atoms with Gasteiger partial charge >= 0.3 is 0 Å². The fourth-order valence-corrected chi connectivity index (χ4v) is 2.79. The standard InChI is InChI=1S/C19H21BrN2O.C2H6/c1-4-10-15-17(6-3)21-18(16(20)5-2)22(19(15)23)13-14-11-8-7-9-12-14;1-2/h4,6-12,16H,1,5,13H2,2-3H3;1-2H3/b15-10+,17-6+;. The van der Waals surface area contributed by atoms with E-state index < -0.39 is 0 Å². The van der Waals surface area contributed by atoms with Gasteiger partial charge in [-0.15, -0.1) is 0 Å². The molecule has 1 aromatic heterocycles. The largest absolute Gasteiger partial charge is 0.291 e. The average molecular weight is 403 g/mol. The second-order valence-corrected chi connectivity index (χ2v) is 6.32. The number of halogens is 1. The van der Waals surface area contributed by atoms with E-state index in [4.69, 9.17) is 4.98 Å². The Kier molecular flexibility index (Phi) is 9.14. The van der Waals surface area contributed by atoms with Crippen LogP contribution in [0.25, 0.3) is 12.2 Å². The SMILES string of the molecule is C=C/C=c1/c(=O)n(Cc2ccccc2)c(C(Br)CC)n/c1=C/C.CC. The van der Waals surface area contributed by atoms with Crippen LogP contribution in [0.5, 0.6) is 0 Å². The van der Waals surface area contributed by atoms with Crippen molar-refractivity contribution in [2.75, 3.05) is 0 Å². The molecular weight excluding hydrogens is 376 g/mol. The maximum absolute atomic E-state index is 13.0. The molecule has 0 saturated carbocycles. The van der Waals surface area contributed by atoms with E-state index in [1.807, 2.05) is 57.2 Å². The van der Waals surface area contributed by atoms with E-state index in [1.54, 1.807) is 16.7 Å². The third-order valence-electron chi connectivity index (χ3n) is 3.64. The minimum Gasteiger partial charge on any atom is -0.291 e. The molecule has 0 saturated heterocycles. The van der Waals surface area contributed by atoms with Crippen molar-refractivity contribution in [2.45, 2.75) is 45.5 Å². The Morgan fingerprint density at radius 3 is 2.44 bits per heavy atom. The molecule has 1 atom stereocenters. The summed E-state index contributed by atoms with van der Waals surface area (Å²) in [6.45, 7) is 12.2. The zero-order chi connectivity index (χ0) is 18.8. The summed E-state index contributed by atoms with van der Waals surface area (Å²) in [5.74, 6) is 0.760. The number of aromatic nitrogens is 2. The lowest BCUT2D eigenvalue weighted by atomic mass is 10.2. The Hall–Kier alpha value is -1.94. The first kappa shape index (κ1) is 21.1. The summed E-state index contributed by atoms with van der Waals surface area (Å²) < 4.78 is 1.75. The van der Waals surface area contributed by atoms with Crippen molar-refractivity contribution in [1.29, 1.82) is 0 Å². The molecule has 0 aliphatic rings. The zero-order valence-corrected chi connectivity index (χ0v) is 17.1. The number of rotatable bonds is 5. The van der Waals surface area contributed by atoms with E-state index in [1.165, 1.54) is 0 Å². The van der Waals surface area contributed by atoms with Gasteiger partial charge in [0.15, 0.2) is 0 Å². The van der Waals surface area contributed by atoms with Gasteiger partial charge in [-0.25, -0.2) is 4.98 Å². The van der Waals surface area contributed by atoms with Crippen LogP contribution in [0.1, 0.15) is 50.3 Å². The molecule has 25 heavy (non-hydrogen) atoms. The monoisotopic (exact) mass is 402 g/mol. The highest BCUT2D eigenvalue weighted by Gasteiger charge is 2.15. The molecule has 2 rings (SSSR count). The highest BCUT2D eigenvalue weighted by atomic mass is 79.9. The lowest BCUT2D eigenvalue weighted by Crippen LogP contribution is -2.48. The highest BCUT2D eigenvalue weighted by molar-refractivity contribution is 9.09. The molecule has 134 valence electrons. The summed E-state index contributed by atoms with van der Waals surface area (Å²) in [4.78, 5) is 17.7. The number of hydrogen-bond donors (Lipinski definition) is 0. The molecule has 0 bridgehead atoms. The second kappa shape index (κ2) is 10.8. The van der Waals surface area contributed by atoms with Gasteiger partial charge in [0.1, 0.15) is 5.82 Å². The Morgan fingerprint density at radius 1 is 1.28 bits per heavy atom. The molecule has 0 radical (unpaired) electrons. The summed E-state index contributed by atoms with van der Waals surface area (Å²) >= 11 is 3.64. The zero-order valence-electron chi connectivity index (χ0n) is 15.5. The fourth-order valence-electron chi connectivity index (χ4n) is 2.44. The second-order valence-electron chi connectivity index (χ2n) is 5.21. The quantitative estimate of drug-likeness (QED) is 0.709. The molecule has 0 N–H and O–H groups in total. The molecule has 2 aromatic rings. The van der Waals surface area contributed by atoms with Gasteiger partial charge in [0.05, 0.1) is 21.9 Å². The van der Waals surface area contributed by atoms with Crippen LogP contribution >= 0.6 is 15.9 Å². The highest BCUT2D eigenvalue weighted by Crippen LogP contribution is 2.22. The first-order valence-electron chi connectivity index (χ1n) is 8.70. The molecule has 1 aromatic carbocycles. The molecule has 0 amide bonds. The van der Waals surface area contributed by atoms with Gasteiger partial charge in [0, 0.05) is 0 Å². The lowest BCUT2D eigenvalue weighted by Gasteiger charge is -2.15. The maximum Gasteiger partial charge on any atom is 0.261 e. The Labute approximate surface area is 158 Å². The summed E-state index contributed by atoms with van der Waals surface area (Å²) in [5.41, 5.74) is 1.04. The van der Waals surface area contributed by atoms with Gasteiger partial charge in [-0.3, -0.25) is 9.36 Å². The first-order valence-corrected chi connectivity index (χ1v) is 9.61. The van der Waals surface area contributed by atoms with Crippen molar-refractivity contribution in [1.82, 2.24) is 9.55 Å². The molecule has 0 spiro atoms. The van der Waals surface area contributed by atoms with Crippen LogP contribution in [0.2, 0.25) is 0 Å². The molecule has 3 nitrogen and oxygen atoms in total. The molecule has 0 aliphatic heterocycles. The third-order valence-corrected chi connectivity index (χ3v) is 4.70. The smallest absolute Gasteiger partial charge is 0.261 e. The Morgan fingerprint density at radius 2 is 1.92 bits per heavy atom. The van der Waals surface area contributed by atoms with Crippen molar-refractivity contribution < 1.29 is 0 Å². The third kappa shape index (κ3) is 5.27. The van der Waals surface area contributed by atoms with E-state index in [0.717, 1.165) is 17.8 Å². The van der Waals surface area contributed by atoms with Crippen molar-refractivity contribution in [3.63, 3.8) is 0 Å². The lowest BCUT2D eigenvalue weighted by molar-refractivity contribution is 0.641. The summed E-state index contributed by atoms with van der Waals surface area (Å²) in [7, 11) is 0. The van der Waals surface area contributed by atoms with Gasteiger partial charge in [-0.2, -0.15) is 0 Å². The van der Waals surface area contributed by atoms with Crippen molar-refractivity contribution in [3.8, 4) is 0 Å². The van der Waals surface area contributed by atoms with Gasteiger partial charge in [0.2, 0.25) is 0 Å². The number of allylic oxidation sites excluding steroid dienone is 1. The summed E-state index contributed by atoms with van der Waals surface area (Å²) in [5, 5.41) is 1.28.